The second-order valence-electron chi connectivity index (χ2n) is 9.20. The number of para-hydroxylation sites is 2. The van der Waals surface area contributed by atoms with E-state index in [2.05, 4.69) is 22.3 Å². The summed E-state index contributed by atoms with van der Waals surface area (Å²) < 4.78 is 1.15. The molecule has 0 bridgehead atoms. The van der Waals surface area contributed by atoms with Crippen LogP contribution in [-0.4, -0.2) is 26.0 Å². The van der Waals surface area contributed by atoms with E-state index in [9.17, 15) is 10.0 Å². The lowest BCUT2D eigenvalue weighted by Crippen LogP contribution is -2.31. The highest BCUT2D eigenvalue weighted by Gasteiger charge is 2.26. The predicted molar refractivity (Wildman–Crippen MR) is 133 cm³/mol. The van der Waals surface area contributed by atoms with Crippen molar-refractivity contribution in [2.75, 3.05) is 0 Å². The number of hydrogen-bond acceptors (Lipinski definition) is 6. The zero-order chi connectivity index (χ0) is 23.5. The molecule has 176 valence electrons. The predicted octanol–water partition coefficient (Wildman–Crippen LogP) is 5.73. The van der Waals surface area contributed by atoms with Gasteiger partial charge in [0.05, 0.1) is 5.56 Å². The number of hydrogen-bond donors (Lipinski definition) is 0. The molecule has 0 atom stereocenters. The Morgan fingerprint density at radius 2 is 1.82 bits per heavy atom. The summed E-state index contributed by atoms with van der Waals surface area (Å²) in [6.45, 7) is 2.26. The van der Waals surface area contributed by atoms with Gasteiger partial charge in [-0.05, 0) is 55.9 Å². The molecule has 34 heavy (non-hydrogen) atoms. The minimum atomic E-state index is -0.342. The van der Waals surface area contributed by atoms with Gasteiger partial charge in [0.15, 0.2) is 0 Å². The smallest absolute Gasteiger partial charge is 0.366 e. The molecule has 0 radical (unpaired) electrons. The number of carbonyl (C=O) groups is 1. The molecule has 0 saturated heterocycles. The first-order valence-electron chi connectivity index (χ1n) is 12.2. The van der Waals surface area contributed by atoms with Crippen molar-refractivity contribution < 1.29 is 9.64 Å². The fraction of sp³-hybridized carbons (Fsp3) is 0.423. The van der Waals surface area contributed by atoms with Gasteiger partial charge in [-0.2, -0.15) is 0 Å². The molecule has 1 fully saturated rings. The van der Waals surface area contributed by atoms with Gasteiger partial charge in [0.2, 0.25) is 11.0 Å². The molecule has 5 rings (SSSR count). The quantitative estimate of drug-likeness (QED) is 0.193. The summed E-state index contributed by atoms with van der Waals surface area (Å²) in [6, 6.07) is 14.2. The third-order valence-electron chi connectivity index (χ3n) is 6.91. The lowest BCUT2D eigenvalue weighted by atomic mass is 9.80. The molecule has 2 aromatic heterocycles. The van der Waals surface area contributed by atoms with E-state index >= 15 is 0 Å². The van der Waals surface area contributed by atoms with Gasteiger partial charge in [-0.3, -0.25) is 0 Å². The van der Waals surface area contributed by atoms with Crippen molar-refractivity contribution in [1.29, 1.82) is 0 Å². The van der Waals surface area contributed by atoms with Crippen molar-refractivity contribution in [2.24, 2.45) is 5.92 Å². The highest BCUT2D eigenvalue weighted by atomic mass is 32.1. The second kappa shape index (κ2) is 10.0. The van der Waals surface area contributed by atoms with Gasteiger partial charge in [-0.1, -0.05) is 72.9 Å². The van der Waals surface area contributed by atoms with E-state index in [1.807, 2.05) is 12.1 Å². The molecule has 1 aliphatic rings. The third kappa shape index (κ3) is 4.59. The summed E-state index contributed by atoms with van der Waals surface area (Å²) in [7, 11) is 0. The first-order chi connectivity index (χ1) is 16.6. The summed E-state index contributed by atoms with van der Waals surface area (Å²) in [5, 5.41) is 26.8. The summed E-state index contributed by atoms with van der Waals surface area (Å²) in [6.07, 6.45) is 10.4. The molecule has 0 aliphatic heterocycles. The third-order valence-corrected chi connectivity index (χ3v) is 8.05. The summed E-state index contributed by atoms with van der Waals surface area (Å²) in [5.74, 6) is 1.05. The topological polar surface area (TPSA) is 87.6 Å². The monoisotopic (exact) mass is 475 g/mol. The molecule has 4 aromatic rings. The molecular formula is C26H29N5O2S. The number of nitrogens with zero attached hydrogens (tertiary/aromatic N) is 5. The molecule has 0 spiro atoms. The molecule has 2 aromatic carbocycles. The molecule has 0 unspecified atom stereocenters. The van der Waals surface area contributed by atoms with Gasteiger partial charge in [0.25, 0.3) is 0 Å². The average Bonchev–Trinajstić information content (AvgIpc) is 3.50. The first-order valence-corrected chi connectivity index (χ1v) is 13.0. The lowest BCUT2D eigenvalue weighted by Gasteiger charge is -2.27. The SMILES string of the molecule is CCCCC[C@H]1CC[C@H](c2nnc(-c3ccc(C(=O)n4n[n+]([O-])c5ccccc54)cc3)s2)CC1. The van der Waals surface area contributed by atoms with Crippen LogP contribution < -0.4 is 4.85 Å². The number of unbranched alkanes of at least 4 members (excludes halogenated alkanes) is 2. The van der Waals surface area contributed by atoms with Crippen molar-refractivity contribution in [3.8, 4) is 10.6 Å². The van der Waals surface area contributed by atoms with Crippen molar-refractivity contribution in [3.63, 3.8) is 0 Å². The zero-order valence-electron chi connectivity index (χ0n) is 19.4. The van der Waals surface area contributed by atoms with E-state index < -0.39 is 0 Å². The van der Waals surface area contributed by atoms with Gasteiger partial charge in [-0.25, -0.2) is 4.79 Å². The molecule has 1 aliphatic carbocycles. The average molecular weight is 476 g/mol. The van der Waals surface area contributed by atoms with Crippen LogP contribution in [0.3, 0.4) is 0 Å². The van der Waals surface area contributed by atoms with E-state index in [-0.39, 0.29) is 5.91 Å². The number of fused-ring (bicyclic) bond motifs is 1. The molecule has 8 heteroatoms. The van der Waals surface area contributed by atoms with Gasteiger partial charge in [0.1, 0.15) is 15.2 Å². The first kappa shape index (κ1) is 22.7. The molecule has 0 N–H and O–H groups in total. The Labute approximate surface area is 203 Å². The van der Waals surface area contributed by atoms with Crippen LogP contribution in [0.1, 0.15) is 79.6 Å². The van der Waals surface area contributed by atoms with E-state index in [0.29, 0.717) is 27.4 Å². The van der Waals surface area contributed by atoms with Gasteiger partial charge in [0, 0.05) is 11.5 Å². The highest BCUT2D eigenvalue weighted by Crippen LogP contribution is 2.40. The van der Waals surface area contributed by atoms with Gasteiger partial charge < -0.3 is 5.21 Å². The Balaban J connectivity index is 1.25. The van der Waals surface area contributed by atoms with Crippen LogP contribution in [-0.2, 0) is 0 Å². The lowest BCUT2D eigenvalue weighted by molar-refractivity contribution is -0.645. The fourth-order valence-corrected chi connectivity index (χ4v) is 5.93. The Bertz CT molecular complexity index is 1270. The highest BCUT2D eigenvalue weighted by molar-refractivity contribution is 7.14. The molecule has 0 amide bonds. The van der Waals surface area contributed by atoms with Crippen molar-refractivity contribution in [2.45, 2.75) is 64.2 Å². The number of rotatable bonds is 7. The maximum Gasteiger partial charge on any atom is 0.366 e. The number of benzene rings is 2. The number of aromatic nitrogens is 5. The van der Waals surface area contributed by atoms with Crippen molar-refractivity contribution in [1.82, 2.24) is 20.1 Å². The van der Waals surface area contributed by atoms with Crippen molar-refractivity contribution >= 4 is 28.3 Å². The van der Waals surface area contributed by atoms with Gasteiger partial charge in [-0.15, -0.1) is 15.0 Å². The van der Waals surface area contributed by atoms with E-state index in [1.165, 1.54) is 51.4 Å². The van der Waals surface area contributed by atoms with Gasteiger partial charge >= 0.3 is 5.91 Å². The largest absolute Gasteiger partial charge is 0.691 e. The summed E-state index contributed by atoms with van der Waals surface area (Å²) in [5.41, 5.74) is 2.26. The number of carbonyl (C=O) groups excluding carboxylic acids is 1. The van der Waals surface area contributed by atoms with Crippen LogP contribution in [0, 0.1) is 11.1 Å². The Kier molecular flexibility index (Phi) is 6.67. The van der Waals surface area contributed by atoms with Crippen LogP contribution in [0.2, 0.25) is 0 Å². The second-order valence-corrected chi connectivity index (χ2v) is 10.2. The van der Waals surface area contributed by atoms with Crippen LogP contribution in [0.25, 0.3) is 21.6 Å². The fourth-order valence-electron chi connectivity index (χ4n) is 4.91. The maximum absolute atomic E-state index is 13.0. The Hall–Kier alpha value is -3.13. The normalized spacial score (nSPS) is 18.4. The van der Waals surface area contributed by atoms with Crippen LogP contribution in [0.4, 0.5) is 0 Å². The minimum absolute atomic E-state index is 0.342. The minimum Gasteiger partial charge on any atom is -0.691 e. The summed E-state index contributed by atoms with van der Waals surface area (Å²) >= 11 is 1.66. The van der Waals surface area contributed by atoms with Crippen LogP contribution in [0.15, 0.2) is 48.5 Å². The van der Waals surface area contributed by atoms with E-state index in [1.54, 1.807) is 47.7 Å². The Morgan fingerprint density at radius 1 is 1.06 bits per heavy atom. The van der Waals surface area contributed by atoms with Crippen molar-refractivity contribution in [3.05, 3.63) is 64.3 Å². The maximum atomic E-state index is 13.0. The zero-order valence-corrected chi connectivity index (χ0v) is 20.2. The van der Waals surface area contributed by atoms with Crippen LogP contribution >= 0.6 is 11.3 Å². The molecule has 7 nitrogen and oxygen atoms in total. The molecule has 2 heterocycles. The summed E-state index contributed by atoms with van der Waals surface area (Å²) in [4.78, 5) is 13.4. The van der Waals surface area contributed by atoms with Crippen LogP contribution in [0.5, 0.6) is 0 Å². The standard InChI is InChI=1S/C26H29N5O2S/c1-2-3-4-7-18-10-12-19(13-11-18)24-27-28-25(34-24)20-14-16-21(17-15-20)26(32)30-22-8-5-6-9-23(22)31(33)29-30/h5-6,8-9,14-19H,2-4,7,10-13H2,1H3/t18-,19-. The van der Waals surface area contributed by atoms with E-state index in [4.69, 9.17) is 0 Å². The Morgan fingerprint density at radius 3 is 2.59 bits per heavy atom. The van der Waals surface area contributed by atoms with E-state index in [0.717, 1.165) is 26.2 Å². The molecular weight excluding hydrogens is 446 g/mol. The molecule has 1 saturated carbocycles.